The second-order valence-corrected chi connectivity index (χ2v) is 6.11. The van der Waals surface area contributed by atoms with Crippen molar-refractivity contribution in [2.75, 3.05) is 18.1 Å². The Morgan fingerprint density at radius 1 is 1.21 bits per heavy atom. The standard InChI is InChI=1S/C17H15BrN4O2/c1-21-8-3-2-4-9(5-8)22-13-7-12(20)14-15(17(13)24)11(19)6-10(18)16(14)23/h2-7,21,23H,19-20H2,1H3/p-1. The molecule has 0 saturated heterocycles. The molecule has 0 aromatic heterocycles. The summed E-state index contributed by atoms with van der Waals surface area (Å²) in [6.45, 7) is 0. The number of hydrogen-bond donors (Lipinski definition) is 3. The molecule has 1 aliphatic rings. The van der Waals surface area contributed by atoms with Crippen LogP contribution in [-0.2, 0) is 0 Å². The summed E-state index contributed by atoms with van der Waals surface area (Å²) in [5, 5.41) is 15.2. The van der Waals surface area contributed by atoms with Crippen molar-refractivity contribution in [1.82, 2.24) is 0 Å². The van der Waals surface area contributed by atoms with Crippen LogP contribution in [0.5, 0.6) is 5.75 Å². The van der Waals surface area contributed by atoms with E-state index in [2.05, 4.69) is 26.2 Å². The Morgan fingerprint density at radius 2 is 1.96 bits per heavy atom. The third-order valence-corrected chi connectivity index (χ3v) is 4.28. The third kappa shape index (κ3) is 2.63. The molecular weight excluding hydrogens is 372 g/mol. The van der Waals surface area contributed by atoms with Crippen LogP contribution in [0.4, 0.5) is 17.1 Å². The van der Waals surface area contributed by atoms with Crippen LogP contribution in [0, 0.1) is 0 Å². The summed E-state index contributed by atoms with van der Waals surface area (Å²) >= 11 is 3.13. The Balaban J connectivity index is 2.16. The number of nitrogens with zero attached hydrogens (tertiary/aromatic N) is 1. The average Bonchev–Trinajstić information content (AvgIpc) is 2.55. The van der Waals surface area contributed by atoms with Gasteiger partial charge in [-0.25, -0.2) is 4.99 Å². The Labute approximate surface area is 147 Å². The van der Waals surface area contributed by atoms with Crippen LogP contribution in [0.2, 0.25) is 0 Å². The first-order valence-electron chi connectivity index (χ1n) is 7.10. The lowest BCUT2D eigenvalue weighted by Crippen LogP contribution is -2.24. The molecule has 0 saturated carbocycles. The zero-order chi connectivity index (χ0) is 17.4. The predicted molar refractivity (Wildman–Crippen MR) is 97.6 cm³/mol. The summed E-state index contributed by atoms with van der Waals surface area (Å²) in [4.78, 5) is 17.1. The molecule has 0 aliphatic heterocycles. The number of allylic oxidation sites excluding steroid dienone is 1. The SMILES string of the molecule is CNc1cccc(N=C2C=C(N)c3c([O-])c(Br)cc(N)c3C2=O)c1. The molecular formula is C17H14BrN4O2-. The van der Waals surface area contributed by atoms with Crippen molar-refractivity contribution in [2.24, 2.45) is 10.7 Å². The summed E-state index contributed by atoms with van der Waals surface area (Å²) in [7, 11) is 1.79. The van der Waals surface area contributed by atoms with Crippen molar-refractivity contribution in [2.45, 2.75) is 0 Å². The van der Waals surface area contributed by atoms with Crippen molar-refractivity contribution in [3.63, 3.8) is 0 Å². The van der Waals surface area contributed by atoms with E-state index in [1.165, 1.54) is 12.1 Å². The van der Waals surface area contributed by atoms with Crippen LogP contribution >= 0.6 is 15.9 Å². The highest BCUT2D eigenvalue weighted by atomic mass is 79.9. The number of nitrogens with one attached hydrogen (secondary N) is 1. The molecule has 0 bridgehead atoms. The van der Waals surface area contributed by atoms with E-state index < -0.39 is 5.78 Å². The van der Waals surface area contributed by atoms with Crippen LogP contribution < -0.4 is 21.9 Å². The molecule has 0 atom stereocenters. The van der Waals surface area contributed by atoms with Crippen molar-refractivity contribution >= 4 is 50.2 Å². The van der Waals surface area contributed by atoms with E-state index in [4.69, 9.17) is 11.5 Å². The molecule has 0 unspecified atom stereocenters. The molecule has 3 rings (SSSR count). The number of rotatable bonds is 2. The monoisotopic (exact) mass is 385 g/mol. The summed E-state index contributed by atoms with van der Waals surface area (Å²) < 4.78 is 0.269. The molecule has 1 aliphatic carbocycles. The van der Waals surface area contributed by atoms with Gasteiger partial charge >= 0.3 is 0 Å². The summed E-state index contributed by atoms with van der Waals surface area (Å²) in [5.74, 6) is -0.784. The first-order chi connectivity index (χ1) is 11.4. The molecule has 0 heterocycles. The summed E-state index contributed by atoms with van der Waals surface area (Å²) in [5.41, 5.74) is 14.1. The van der Waals surface area contributed by atoms with Gasteiger partial charge in [0.15, 0.2) is 0 Å². The van der Waals surface area contributed by atoms with Gasteiger partial charge in [0, 0.05) is 34.2 Å². The Hall–Kier alpha value is -2.80. The minimum absolute atomic E-state index is 0.103. The Bertz CT molecular complexity index is 919. The van der Waals surface area contributed by atoms with Crippen LogP contribution in [0.3, 0.4) is 0 Å². The van der Waals surface area contributed by atoms with Gasteiger partial charge in [-0.15, -0.1) is 0 Å². The number of nitrogens with two attached hydrogens (primary N) is 2. The molecule has 0 fully saturated rings. The molecule has 0 spiro atoms. The van der Waals surface area contributed by atoms with Gasteiger partial charge in [0.25, 0.3) is 0 Å². The maximum atomic E-state index is 12.7. The molecule has 122 valence electrons. The van der Waals surface area contributed by atoms with Gasteiger partial charge in [0.1, 0.15) is 5.71 Å². The van der Waals surface area contributed by atoms with Gasteiger partial charge in [0.05, 0.1) is 11.3 Å². The van der Waals surface area contributed by atoms with Crippen LogP contribution in [0.15, 0.2) is 45.9 Å². The lowest BCUT2D eigenvalue weighted by Gasteiger charge is -2.24. The topological polar surface area (TPSA) is 117 Å². The number of aliphatic imine (C=N–C) groups is 1. The molecule has 2 aromatic rings. The Kier molecular flexibility index (Phi) is 4.02. The first-order valence-corrected chi connectivity index (χ1v) is 7.89. The molecule has 7 heteroatoms. The third-order valence-electron chi connectivity index (χ3n) is 3.69. The maximum absolute atomic E-state index is 12.7. The fourth-order valence-corrected chi connectivity index (χ4v) is 2.98. The predicted octanol–water partition coefficient (Wildman–Crippen LogP) is 2.42. The van der Waals surface area contributed by atoms with Crippen molar-refractivity contribution in [3.05, 3.63) is 52.0 Å². The number of ketones is 1. The minimum atomic E-state index is -0.420. The number of hydrogen-bond acceptors (Lipinski definition) is 6. The molecule has 0 radical (unpaired) electrons. The Morgan fingerprint density at radius 3 is 2.67 bits per heavy atom. The zero-order valence-electron chi connectivity index (χ0n) is 12.8. The van der Waals surface area contributed by atoms with Crippen LogP contribution in [-0.4, -0.2) is 18.5 Å². The number of halogens is 1. The van der Waals surface area contributed by atoms with E-state index in [9.17, 15) is 9.90 Å². The number of anilines is 2. The largest absolute Gasteiger partial charge is 0.871 e. The number of carbonyl (C=O) groups excluding carboxylic acids is 1. The molecule has 5 N–H and O–H groups in total. The van der Waals surface area contributed by atoms with Gasteiger partial charge in [-0.3, -0.25) is 4.79 Å². The van der Waals surface area contributed by atoms with Gasteiger partial charge < -0.3 is 21.9 Å². The first kappa shape index (κ1) is 16.1. The van der Waals surface area contributed by atoms with Crippen molar-refractivity contribution < 1.29 is 9.90 Å². The second kappa shape index (κ2) is 6.01. The van der Waals surface area contributed by atoms with E-state index in [1.54, 1.807) is 19.2 Å². The molecule has 24 heavy (non-hydrogen) atoms. The van der Waals surface area contributed by atoms with E-state index in [1.807, 2.05) is 12.1 Å². The van der Waals surface area contributed by atoms with Crippen molar-refractivity contribution in [3.8, 4) is 5.75 Å². The zero-order valence-corrected chi connectivity index (χ0v) is 14.3. The highest BCUT2D eigenvalue weighted by Crippen LogP contribution is 2.38. The summed E-state index contributed by atoms with van der Waals surface area (Å²) in [6, 6.07) is 8.68. The van der Waals surface area contributed by atoms with Crippen molar-refractivity contribution in [1.29, 1.82) is 0 Å². The van der Waals surface area contributed by atoms with Crippen LogP contribution in [0.1, 0.15) is 15.9 Å². The van der Waals surface area contributed by atoms with E-state index in [-0.39, 0.29) is 38.4 Å². The average molecular weight is 386 g/mol. The van der Waals surface area contributed by atoms with E-state index in [0.29, 0.717) is 5.69 Å². The lowest BCUT2D eigenvalue weighted by molar-refractivity contribution is -0.269. The highest BCUT2D eigenvalue weighted by Gasteiger charge is 2.27. The minimum Gasteiger partial charge on any atom is -0.871 e. The number of carbonyl (C=O) groups is 1. The van der Waals surface area contributed by atoms with Gasteiger partial charge in [0.2, 0.25) is 5.78 Å². The highest BCUT2D eigenvalue weighted by molar-refractivity contribution is 9.10. The van der Waals surface area contributed by atoms with E-state index in [0.717, 1.165) is 5.69 Å². The van der Waals surface area contributed by atoms with Gasteiger partial charge in [-0.2, -0.15) is 0 Å². The fourth-order valence-electron chi connectivity index (χ4n) is 2.54. The maximum Gasteiger partial charge on any atom is 0.214 e. The lowest BCUT2D eigenvalue weighted by atomic mass is 9.90. The second-order valence-electron chi connectivity index (χ2n) is 5.25. The molecule has 0 amide bonds. The summed E-state index contributed by atoms with van der Waals surface area (Å²) in [6.07, 6.45) is 1.41. The number of fused-ring (bicyclic) bond motifs is 1. The fraction of sp³-hybridized carbons (Fsp3) is 0.0588. The molecule has 2 aromatic carbocycles. The molecule has 6 nitrogen and oxygen atoms in total. The quantitative estimate of drug-likeness (QED) is 0.686. The van der Waals surface area contributed by atoms with Crippen LogP contribution in [0.25, 0.3) is 5.70 Å². The van der Waals surface area contributed by atoms with Gasteiger partial charge in [-0.1, -0.05) is 27.7 Å². The smallest absolute Gasteiger partial charge is 0.214 e. The van der Waals surface area contributed by atoms with Gasteiger partial charge in [-0.05, 0) is 30.3 Å². The van der Waals surface area contributed by atoms with E-state index >= 15 is 0 Å². The number of Topliss-reactive ketones (excluding diaryl/α,β-unsaturated/α-hetero) is 1. The normalized spacial score (nSPS) is 15.2. The number of benzene rings is 2. The number of nitrogen functional groups attached to an aromatic ring is 1.